The summed E-state index contributed by atoms with van der Waals surface area (Å²) >= 11 is 0. The fraction of sp³-hybridized carbons (Fsp3) is 0.318. The summed E-state index contributed by atoms with van der Waals surface area (Å²) in [6.45, 7) is 0.709. The van der Waals surface area contributed by atoms with Gasteiger partial charge in [-0.25, -0.2) is 0 Å². The molecule has 0 aliphatic carbocycles. The number of carbonyl (C=O) groups is 2. The number of allylic oxidation sites excluding steroid dienone is 2. The summed E-state index contributed by atoms with van der Waals surface area (Å²) < 4.78 is 0. The molecule has 27 heavy (non-hydrogen) atoms. The second-order valence-electron chi connectivity index (χ2n) is 6.78. The third kappa shape index (κ3) is 4.82. The van der Waals surface area contributed by atoms with E-state index in [0.717, 1.165) is 18.4 Å². The van der Waals surface area contributed by atoms with E-state index in [4.69, 9.17) is 5.11 Å². The molecule has 3 rings (SSSR count). The summed E-state index contributed by atoms with van der Waals surface area (Å²) in [5, 5.41) is 8.74. The Morgan fingerprint density at radius 1 is 1.15 bits per heavy atom. The van der Waals surface area contributed by atoms with Gasteiger partial charge < -0.3 is 10.0 Å². The molecule has 2 atom stereocenters. The van der Waals surface area contributed by atoms with Crippen molar-refractivity contribution in [3.63, 3.8) is 0 Å². The molecule has 5 nitrogen and oxygen atoms in total. The molecular formula is C22H24N2O3. The summed E-state index contributed by atoms with van der Waals surface area (Å²) in [7, 11) is 0. The van der Waals surface area contributed by atoms with Crippen LogP contribution in [-0.4, -0.2) is 33.4 Å². The average molecular weight is 364 g/mol. The number of benzene rings is 1. The maximum Gasteiger partial charge on any atom is 0.303 e. The van der Waals surface area contributed by atoms with Crippen molar-refractivity contribution < 1.29 is 14.7 Å². The largest absolute Gasteiger partial charge is 0.481 e. The van der Waals surface area contributed by atoms with E-state index < -0.39 is 5.97 Å². The number of aliphatic carboxylic acids is 1. The van der Waals surface area contributed by atoms with E-state index in [1.807, 2.05) is 29.2 Å². The lowest BCUT2D eigenvalue weighted by atomic mass is 9.90. The topological polar surface area (TPSA) is 70.5 Å². The number of carbonyl (C=O) groups excluding carboxylic acids is 1. The fourth-order valence-electron chi connectivity index (χ4n) is 3.68. The number of amides is 1. The molecule has 2 heterocycles. The maximum atomic E-state index is 13.0. The number of rotatable bonds is 7. The molecule has 1 saturated heterocycles. The standard InChI is InChI=1S/C22H24N2O3/c25-20(26)12-6-2-5-10-18-13-15-24(21(18)17-8-3-1-4-9-17)22(27)19-11-7-14-23-16-19/h1-5,7-9,11,14,16,18,21H,6,10,12-13,15H2,(H,25,26)/b5-2-/t18-,21-/m1/s1. The normalized spacial score (nSPS) is 19.5. The van der Waals surface area contributed by atoms with Gasteiger partial charge in [0.15, 0.2) is 0 Å². The Bertz CT molecular complexity index is 790. The van der Waals surface area contributed by atoms with Crippen molar-refractivity contribution >= 4 is 11.9 Å². The zero-order valence-electron chi connectivity index (χ0n) is 15.2. The van der Waals surface area contributed by atoms with E-state index in [1.165, 1.54) is 0 Å². The highest BCUT2D eigenvalue weighted by molar-refractivity contribution is 5.94. The zero-order chi connectivity index (χ0) is 19.1. The predicted octanol–water partition coefficient (Wildman–Crippen LogP) is 4.10. The van der Waals surface area contributed by atoms with Crippen molar-refractivity contribution in [3.8, 4) is 0 Å². The average Bonchev–Trinajstić information content (AvgIpc) is 3.12. The molecule has 0 radical (unpaired) electrons. The quantitative estimate of drug-likeness (QED) is 0.751. The number of carboxylic acids is 1. The maximum absolute atomic E-state index is 13.0. The van der Waals surface area contributed by atoms with E-state index in [9.17, 15) is 9.59 Å². The van der Waals surface area contributed by atoms with Gasteiger partial charge >= 0.3 is 5.97 Å². The second-order valence-corrected chi connectivity index (χ2v) is 6.78. The number of carboxylic acid groups (broad SMARTS) is 1. The number of aromatic nitrogens is 1. The molecular weight excluding hydrogens is 340 g/mol. The third-order valence-corrected chi connectivity index (χ3v) is 4.96. The summed E-state index contributed by atoms with van der Waals surface area (Å²) in [5.74, 6) is -0.459. The molecule has 1 N–H and O–H groups in total. The Balaban J connectivity index is 1.76. The molecule has 1 amide bonds. The van der Waals surface area contributed by atoms with Crippen molar-refractivity contribution in [1.29, 1.82) is 0 Å². The molecule has 0 unspecified atom stereocenters. The number of likely N-dealkylation sites (tertiary alicyclic amines) is 1. The Morgan fingerprint density at radius 3 is 2.67 bits per heavy atom. The van der Waals surface area contributed by atoms with Crippen molar-refractivity contribution in [2.45, 2.75) is 31.7 Å². The first-order valence-corrected chi connectivity index (χ1v) is 9.29. The highest BCUT2D eigenvalue weighted by atomic mass is 16.4. The van der Waals surface area contributed by atoms with Crippen LogP contribution < -0.4 is 0 Å². The molecule has 1 aliphatic heterocycles. The summed E-state index contributed by atoms with van der Waals surface area (Å²) in [6.07, 6.45) is 9.71. The second kappa shape index (κ2) is 9.12. The molecule has 1 fully saturated rings. The number of hydrogen-bond acceptors (Lipinski definition) is 3. The van der Waals surface area contributed by atoms with Crippen molar-refractivity contribution in [2.24, 2.45) is 5.92 Å². The molecule has 0 bridgehead atoms. The summed E-state index contributed by atoms with van der Waals surface area (Å²) in [5.41, 5.74) is 1.74. The Hall–Kier alpha value is -2.95. The minimum Gasteiger partial charge on any atom is -0.481 e. The smallest absolute Gasteiger partial charge is 0.303 e. The van der Waals surface area contributed by atoms with Crippen LogP contribution in [0.5, 0.6) is 0 Å². The molecule has 2 aromatic rings. The first-order chi connectivity index (χ1) is 13.2. The van der Waals surface area contributed by atoms with E-state index in [-0.39, 0.29) is 18.4 Å². The lowest BCUT2D eigenvalue weighted by Crippen LogP contribution is -2.32. The predicted molar refractivity (Wildman–Crippen MR) is 103 cm³/mol. The number of nitrogens with zero attached hydrogens (tertiary/aromatic N) is 2. The van der Waals surface area contributed by atoms with Gasteiger partial charge in [0.1, 0.15) is 0 Å². The summed E-state index contributed by atoms with van der Waals surface area (Å²) in [6, 6.07) is 13.7. The molecule has 1 aliphatic rings. The van der Waals surface area contributed by atoms with E-state index >= 15 is 0 Å². The first-order valence-electron chi connectivity index (χ1n) is 9.29. The van der Waals surface area contributed by atoms with Crippen LogP contribution in [0.3, 0.4) is 0 Å². The Morgan fingerprint density at radius 2 is 1.96 bits per heavy atom. The van der Waals surface area contributed by atoms with Crippen LogP contribution in [0, 0.1) is 5.92 Å². The zero-order valence-corrected chi connectivity index (χ0v) is 15.2. The lowest BCUT2D eigenvalue weighted by molar-refractivity contribution is -0.136. The highest BCUT2D eigenvalue weighted by Crippen LogP contribution is 2.40. The van der Waals surface area contributed by atoms with Gasteiger partial charge in [-0.2, -0.15) is 0 Å². The van der Waals surface area contributed by atoms with Gasteiger partial charge in [-0.1, -0.05) is 42.5 Å². The Labute approximate surface area is 159 Å². The van der Waals surface area contributed by atoms with Crippen LogP contribution in [0.4, 0.5) is 0 Å². The highest BCUT2D eigenvalue weighted by Gasteiger charge is 2.37. The van der Waals surface area contributed by atoms with Crippen LogP contribution in [0.25, 0.3) is 0 Å². The van der Waals surface area contributed by atoms with Crippen molar-refractivity contribution in [2.75, 3.05) is 6.54 Å². The van der Waals surface area contributed by atoms with Crippen LogP contribution in [0.1, 0.15) is 47.6 Å². The van der Waals surface area contributed by atoms with Crippen LogP contribution >= 0.6 is 0 Å². The van der Waals surface area contributed by atoms with Gasteiger partial charge in [0, 0.05) is 25.4 Å². The lowest BCUT2D eigenvalue weighted by Gasteiger charge is -2.28. The Kier molecular flexibility index (Phi) is 6.36. The van der Waals surface area contributed by atoms with Crippen LogP contribution in [-0.2, 0) is 4.79 Å². The fourth-order valence-corrected chi connectivity index (χ4v) is 3.68. The molecule has 5 heteroatoms. The molecule has 1 aromatic carbocycles. The molecule has 140 valence electrons. The monoisotopic (exact) mass is 364 g/mol. The number of pyridine rings is 1. The van der Waals surface area contributed by atoms with Gasteiger partial charge in [0.2, 0.25) is 0 Å². The van der Waals surface area contributed by atoms with Crippen LogP contribution in [0.15, 0.2) is 67.0 Å². The van der Waals surface area contributed by atoms with Crippen molar-refractivity contribution in [1.82, 2.24) is 9.88 Å². The minimum absolute atomic E-state index is 0.00862. The molecule has 0 spiro atoms. The van der Waals surface area contributed by atoms with E-state index in [1.54, 1.807) is 24.5 Å². The van der Waals surface area contributed by atoms with Gasteiger partial charge in [0.25, 0.3) is 5.91 Å². The molecule has 1 aromatic heterocycles. The minimum atomic E-state index is -0.782. The van der Waals surface area contributed by atoms with Gasteiger partial charge in [-0.15, -0.1) is 0 Å². The van der Waals surface area contributed by atoms with Gasteiger partial charge in [0.05, 0.1) is 11.6 Å². The van der Waals surface area contributed by atoms with Crippen molar-refractivity contribution in [3.05, 3.63) is 78.1 Å². The van der Waals surface area contributed by atoms with Gasteiger partial charge in [-0.05, 0) is 42.9 Å². The third-order valence-electron chi connectivity index (χ3n) is 4.96. The van der Waals surface area contributed by atoms with E-state index in [0.29, 0.717) is 24.4 Å². The van der Waals surface area contributed by atoms with Gasteiger partial charge in [-0.3, -0.25) is 14.6 Å². The first kappa shape index (κ1) is 18.8. The SMILES string of the molecule is O=C(O)CC/C=C\C[C@@H]1CCN(C(=O)c2cccnc2)[C@@H]1c1ccccc1. The number of hydrogen-bond donors (Lipinski definition) is 1. The van der Waals surface area contributed by atoms with E-state index in [2.05, 4.69) is 23.2 Å². The van der Waals surface area contributed by atoms with Crippen LogP contribution in [0.2, 0.25) is 0 Å². The summed E-state index contributed by atoms with van der Waals surface area (Å²) in [4.78, 5) is 29.7. The molecule has 0 saturated carbocycles.